The van der Waals surface area contributed by atoms with Gasteiger partial charge in [0.05, 0.1) is 0 Å². The normalized spacial score (nSPS) is 18.2. The quantitative estimate of drug-likeness (QED) is 0.473. The van der Waals surface area contributed by atoms with Gasteiger partial charge in [0.2, 0.25) is 0 Å². The first kappa shape index (κ1) is 28.0. The van der Waals surface area contributed by atoms with Crippen LogP contribution in [0.5, 0.6) is 0 Å². The summed E-state index contributed by atoms with van der Waals surface area (Å²) >= 11 is 0. The number of aromatic nitrogens is 2. The number of carbonyl (C=O) groups excluding carboxylic acids is 1. The van der Waals surface area contributed by atoms with E-state index in [1.54, 1.807) is 4.90 Å². The Hall–Kier alpha value is -3.59. The van der Waals surface area contributed by atoms with E-state index in [1.807, 2.05) is 39.1 Å². The molecule has 40 heavy (non-hydrogen) atoms. The standard InChI is InChI=1S/C31H41FN6O2/c1-23(33)25-7-5-24(6-8-25)21-38-14-10-26-27(9-13-34-28(26)38)36-19-17-35(18-20-36)22-31(32)11-15-37(16-12-31)29(39)40-30(2,3)4/h5-10,13-14H,1,11-12,15-22,33H2,2-4H3. The van der Waals surface area contributed by atoms with Crippen LogP contribution < -0.4 is 10.6 Å². The van der Waals surface area contributed by atoms with Crippen LogP contribution in [0.4, 0.5) is 14.9 Å². The molecule has 0 saturated carbocycles. The minimum absolute atomic E-state index is 0.342. The first-order chi connectivity index (χ1) is 19.0. The molecule has 8 nitrogen and oxygen atoms in total. The van der Waals surface area contributed by atoms with Crippen LogP contribution in [0.25, 0.3) is 16.7 Å². The Bertz CT molecular complexity index is 1350. The lowest BCUT2D eigenvalue weighted by Gasteiger charge is -2.42. The number of benzene rings is 1. The maximum Gasteiger partial charge on any atom is 0.410 e. The van der Waals surface area contributed by atoms with Crippen molar-refractivity contribution in [3.8, 4) is 0 Å². The number of halogens is 1. The van der Waals surface area contributed by atoms with Gasteiger partial charge in [-0.1, -0.05) is 30.8 Å². The number of piperidine rings is 1. The molecule has 0 radical (unpaired) electrons. The molecule has 1 aromatic carbocycles. The number of nitrogens with two attached hydrogens (primary N) is 1. The summed E-state index contributed by atoms with van der Waals surface area (Å²) in [6.45, 7) is 14.5. The SMILES string of the molecule is C=C(N)c1ccc(Cn2ccc3c(N4CCN(CC5(F)CCN(C(=O)OC(C)(C)C)CC5)CC4)ccnc32)cc1. The van der Waals surface area contributed by atoms with Gasteiger partial charge in [-0.25, -0.2) is 14.2 Å². The molecule has 214 valence electrons. The zero-order chi connectivity index (χ0) is 28.5. The first-order valence-corrected chi connectivity index (χ1v) is 14.1. The summed E-state index contributed by atoms with van der Waals surface area (Å²) in [4.78, 5) is 23.3. The van der Waals surface area contributed by atoms with Gasteiger partial charge in [0.15, 0.2) is 0 Å². The second kappa shape index (κ2) is 11.1. The fourth-order valence-electron chi connectivity index (χ4n) is 5.62. The summed E-state index contributed by atoms with van der Waals surface area (Å²) in [6.07, 6.45) is 4.29. The second-order valence-corrected chi connectivity index (χ2v) is 12.1. The van der Waals surface area contributed by atoms with E-state index >= 15 is 4.39 Å². The summed E-state index contributed by atoms with van der Waals surface area (Å²) in [7, 11) is 0. The summed E-state index contributed by atoms with van der Waals surface area (Å²) in [5.41, 5.74) is 8.76. The van der Waals surface area contributed by atoms with Gasteiger partial charge in [0, 0.05) is 94.4 Å². The van der Waals surface area contributed by atoms with Crippen LogP contribution in [0.3, 0.4) is 0 Å². The highest BCUT2D eigenvalue weighted by Gasteiger charge is 2.39. The number of likely N-dealkylation sites (tertiary alicyclic amines) is 1. The van der Waals surface area contributed by atoms with Gasteiger partial charge in [-0.3, -0.25) is 4.90 Å². The number of nitrogens with zero attached hydrogens (tertiary/aromatic N) is 5. The fourth-order valence-corrected chi connectivity index (χ4v) is 5.62. The van der Waals surface area contributed by atoms with Crippen molar-refractivity contribution >= 4 is 28.5 Å². The topological polar surface area (TPSA) is 79.9 Å². The maximum atomic E-state index is 15.7. The third kappa shape index (κ3) is 6.41. The van der Waals surface area contributed by atoms with E-state index in [0.29, 0.717) is 38.2 Å². The largest absolute Gasteiger partial charge is 0.444 e. The highest BCUT2D eigenvalue weighted by molar-refractivity contribution is 5.90. The van der Waals surface area contributed by atoms with Crippen LogP contribution in [0.15, 0.2) is 55.4 Å². The molecule has 2 aliphatic rings. The van der Waals surface area contributed by atoms with E-state index in [-0.39, 0.29) is 6.09 Å². The van der Waals surface area contributed by atoms with Crippen LogP contribution in [0.2, 0.25) is 0 Å². The van der Waals surface area contributed by atoms with Crippen molar-refractivity contribution in [2.75, 3.05) is 50.7 Å². The molecule has 0 spiro atoms. The zero-order valence-electron chi connectivity index (χ0n) is 23.9. The zero-order valence-corrected chi connectivity index (χ0v) is 23.9. The van der Waals surface area contributed by atoms with Crippen molar-refractivity contribution in [1.82, 2.24) is 19.4 Å². The van der Waals surface area contributed by atoms with Crippen LogP contribution in [0, 0.1) is 0 Å². The van der Waals surface area contributed by atoms with Gasteiger partial charge in [0.1, 0.15) is 16.9 Å². The Balaban J connectivity index is 1.17. The molecule has 3 aromatic rings. The summed E-state index contributed by atoms with van der Waals surface area (Å²) < 4.78 is 23.4. The Labute approximate surface area is 236 Å². The van der Waals surface area contributed by atoms with Gasteiger partial charge in [0.25, 0.3) is 0 Å². The van der Waals surface area contributed by atoms with Crippen LogP contribution >= 0.6 is 0 Å². The smallest absolute Gasteiger partial charge is 0.410 e. The predicted octanol–water partition coefficient (Wildman–Crippen LogP) is 4.88. The minimum Gasteiger partial charge on any atom is -0.444 e. The molecule has 5 rings (SSSR count). The Morgan fingerprint density at radius 3 is 2.35 bits per heavy atom. The lowest BCUT2D eigenvalue weighted by Crippen LogP contribution is -2.54. The second-order valence-electron chi connectivity index (χ2n) is 12.1. The summed E-state index contributed by atoms with van der Waals surface area (Å²) in [5.74, 6) is 0. The fraction of sp³-hybridized carbons (Fsp3) is 0.484. The molecule has 2 N–H and O–H groups in total. The molecule has 1 amide bonds. The number of carbonyl (C=O) groups is 1. The van der Waals surface area contributed by atoms with Crippen molar-refractivity contribution in [2.24, 2.45) is 5.73 Å². The van der Waals surface area contributed by atoms with Crippen LogP contribution in [-0.4, -0.2) is 82.5 Å². The number of hydrogen-bond donors (Lipinski definition) is 1. The Morgan fingerprint density at radius 2 is 1.73 bits per heavy atom. The average molecular weight is 549 g/mol. The molecule has 2 fully saturated rings. The predicted molar refractivity (Wildman–Crippen MR) is 158 cm³/mol. The molecule has 2 saturated heterocycles. The van der Waals surface area contributed by atoms with Crippen molar-refractivity contribution in [3.63, 3.8) is 0 Å². The number of anilines is 1. The molecule has 0 bridgehead atoms. The number of alkyl halides is 1. The van der Waals surface area contributed by atoms with Gasteiger partial charge < -0.3 is 24.8 Å². The summed E-state index contributed by atoms with van der Waals surface area (Å²) in [6, 6.07) is 12.3. The Kier molecular flexibility index (Phi) is 7.77. The van der Waals surface area contributed by atoms with Crippen LogP contribution in [-0.2, 0) is 11.3 Å². The van der Waals surface area contributed by atoms with Crippen molar-refractivity contribution in [1.29, 1.82) is 0 Å². The number of piperazine rings is 1. The molecular weight excluding hydrogens is 507 g/mol. The van der Waals surface area contributed by atoms with Gasteiger partial charge in [-0.15, -0.1) is 0 Å². The number of ether oxygens (including phenoxy) is 1. The molecular formula is C31H41FN6O2. The Morgan fingerprint density at radius 1 is 1.05 bits per heavy atom. The van der Waals surface area contributed by atoms with Gasteiger partial charge in [-0.05, 0) is 44.0 Å². The van der Waals surface area contributed by atoms with E-state index in [9.17, 15) is 4.79 Å². The molecule has 2 aromatic heterocycles. The maximum absolute atomic E-state index is 15.7. The lowest BCUT2D eigenvalue weighted by molar-refractivity contribution is -0.00637. The number of hydrogen-bond acceptors (Lipinski definition) is 6. The van der Waals surface area contributed by atoms with E-state index in [1.165, 1.54) is 11.3 Å². The molecule has 0 unspecified atom stereocenters. The molecule has 0 aliphatic carbocycles. The van der Waals surface area contributed by atoms with E-state index in [2.05, 4.69) is 56.4 Å². The van der Waals surface area contributed by atoms with Crippen LogP contribution in [0.1, 0.15) is 44.7 Å². The molecule has 2 aliphatic heterocycles. The summed E-state index contributed by atoms with van der Waals surface area (Å²) in [5, 5.41) is 1.12. The first-order valence-electron chi connectivity index (χ1n) is 14.1. The number of amides is 1. The van der Waals surface area contributed by atoms with E-state index in [4.69, 9.17) is 10.5 Å². The van der Waals surface area contributed by atoms with Gasteiger partial charge >= 0.3 is 6.09 Å². The minimum atomic E-state index is -1.28. The lowest BCUT2D eigenvalue weighted by atomic mass is 9.92. The molecule has 9 heteroatoms. The average Bonchev–Trinajstić information content (AvgIpc) is 3.31. The number of fused-ring (bicyclic) bond motifs is 1. The third-order valence-electron chi connectivity index (χ3n) is 7.85. The van der Waals surface area contributed by atoms with Gasteiger partial charge in [-0.2, -0.15) is 0 Å². The number of rotatable bonds is 6. The third-order valence-corrected chi connectivity index (χ3v) is 7.85. The van der Waals surface area contributed by atoms with E-state index in [0.717, 1.165) is 49.3 Å². The molecule has 0 atom stereocenters. The van der Waals surface area contributed by atoms with E-state index < -0.39 is 11.3 Å². The monoisotopic (exact) mass is 548 g/mol. The van der Waals surface area contributed by atoms with Crippen molar-refractivity contribution in [2.45, 2.75) is 51.4 Å². The highest BCUT2D eigenvalue weighted by atomic mass is 19.1. The highest BCUT2D eigenvalue weighted by Crippen LogP contribution is 2.31. The molecule has 4 heterocycles. The van der Waals surface area contributed by atoms with Crippen molar-refractivity contribution < 1.29 is 13.9 Å². The number of pyridine rings is 1. The van der Waals surface area contributed by atoms with Crippen molar-refractivity contribution in [3.05, 3.63) is 66.5 Å².